The summed E-state index contributed by atoms with van der Waals surface area (Å²) in [6.45, 7) is 1.71. The topological polar surface area (TPSA) is 23.5 Å². The maximum absolute atomic E-state index is 12.5. The zero-order valence-electron chi connectivity index (χ0n) is 11.3. The van der Waals surface area contributed by atoms with E-state index < -0.39 is 12.7 Å². The largest absolute Gasteiger partial charge is 0.401 e. The number of thiophene rings is 1. The molecule has 1 rings (SSSR count). The number of halogens is 3. The third-order valence-corrected chi connectivity index (χ3v) is 3.42. The van der Waals surface area contributed by atoms with Gasteiger partial charge >= 0.3 is 6.18 Å². The van der Waals surface area contributed by atoms with Gasteiger partial charge in [0.15, 0.2) is 0 Å². The minimum atomic E-state index is -4.17. The Morgan fingerprint density at radius 3 is 2.70 bits per heavy atom. The van der Waals surface area contributed by atoms with Gasteiger partial charge in [-0.05, 0) is 25.1 Å². The van der Waals surface area contributed by atoms with Gasteiger partial charge in [0.05, 0.1) is 18.0 Å². The van der Waals surface area contributed by atoms with Crippen LogP contribution in [0.15, 0.2) is 12.1 Å². The van der Waals surface area contributed by atoms with Crippen LogP contribution in [-0.4, -0.2) is 35.9 Å². The molecule has 2 nitrogen and oxygen atoms in total. The molecule has 1 aromatic rings. The summed E-state index contributed by atoms with van der Waals surface area (Å²) in [5, 5.41) is 8.62. The van der Waals surface area contributed by atoms with Crippen molar-refractivity contribution in [2.75, 3.05) is 19.7 Å². The molecule has 0 amide bonds. The molecule has 0 saturated carbocycles. The highest BCUT2D eigenvalue weighted by Gasteiger charge is 2.30. The van der Waals surface area contributed by atoms with E-state index in [1.165, 1.54) is 16.2 Å². The number of hydrogen-bond donors (Lipinski definition) is 1. The summed E-state index contributed by atoms with van der Waals surface area (Å²) in [7, 11) is 0. The summed E-state index contributed by atoms with van der Waals surface area (Å²) in [6.07, 6.45) is -3.08. The molecule has 6 heteroatoms. The third kappa shape index (κ3) is 6.94. The first-order chi connectivity index (χ1) is 9.44. The molecule has 1 N–H and O–H groups in total. The van der Waals surface area contributed by atoms with Crippen molar-refractivity contribution in [3.63, 3.8) is 0 Å². The van der Waals surface area contributed by atoms with Gasteiger partial charge in [-0.15, -0.1) is 11.3 Å². The van der Waals surface area contributed by atoms with Crippen molar-refractivity contribution in [3.8, 4) is 11.8 Å². The second-order valence-corrected chi connectivity index (χ2v) is 5.54. The van der Waals surface area contributed by atoms with Gasteiger partial charge in [0.25, 0.3) is 0 Å². The van der Waals surface area contributed by atoms with Crippen molar-refractivity contribution in [2.45, 2.75) is 32.5 Å². The van der Waals surface area contributed by atoms with Crippen LogP contribution in [0.1, 0.15) is 29.5 Å². The molecule has 20 heavy (non-hydrogen) atoms. The quantitative estimate of drug-likeness (QED) is 0.816. The number of rotatable bonds is 6. The lowest BCUT2D eigenvalue weighted by Crippen LogP contribution is -2.34. The van der Waals surface area contributed by atoms with Crippen LogP contribution in [0.25, 0.3) is 0 Å². The molecule has 112 valence electrons. The van der Waals surface area contributed by atoms with E-state index >= 15 is 0 Å². The molecular weight excluding hydrogens is 287 g/mol. The van der Waals surface area contributed by atoms with Crippen LogP contribution in [0, 0.1) is 11.8 Å². The Kier molecular flexibility index (Phi) is 7.06. The Labute approximate surface area is 121 Å². The van der Waals surface area contributed by atoms with Crippen LogP contribution in [0.2, 0.25) is 0 Å². The van der Waals surface area contributed by atoms with Gasteiger partial charge in [-0.1, -0.05) is 18.8 Å². The minimum absolute atomic E-state index is 0.0150. The number of nitrogens with zero attached hydrogens (tertiary/aromatic N) is 1. The van der Waals surface area contributed by atoms with E-state index in [0.717, 1.165) is 9.75 Å². The highest BCUT2D eigenvalue weighted by Crippen LogP contribution is 2.21. The Bertz CT molecular complexity index is 459. The predicted molar refractivity (Wildman–Crippen MR) is 74.5 cm³/mol. The normalized spacial score (nSPS) is 11.5. The van der Waals surface area contributed by atoms with Crippen molar-refractivity contribution >= 4 is 11.3 Å². The monoisotopic (exact) mass is 305 g/mol. The second-order valence-electron chi connectivity index (χ2n) is 4.37. The number of aliphatic hydroxyl groups is 1. The fourth-order valence-electron chi connectivity index (χ4n) is 1.74. The molecule has 0 saturated heterocycles. The second kappa shape index (κ2) is 8.30. The summed E-state index contributed by atoms with van der Waals surface area (Å²) in [5.74, 6) is 5.69. The van der Waals surface area contributed by atoms with E-state index in [-0.39, 0.29) is 6.61 Å². The number of aliphatic hydroxyl groups excluding tert-OH is 1. The maximum atomic E-state index is 12.5. The molecule has 0 aliphatic carbocycles. The first-order valence-corrected chi connectivity index (χ1v) is 7.24. The summed E-state index contributed by atoms with van der Waals surface area (Å²) in [4.78, 5) is 3.09. The zero-order valence-corrected chi connectivity index (χ0v) is 12.2. The van der Waals surface area contributed by atoms with Crippen molar-refractivity contribution < 1.29 is 18.3 Å². The fraction of sp³-hybridized carbons (Fsp3) is 0.571. The number of hydrogen-bond acceptors (Lipinski definition) is 3. The summed E-state index contributed by atoms with van der Waals surface area (Å²) >= 11 is 1.40. The molecule has 0 aliphatic heterocycles. The van der Waals surface area contributed by atoms with E-state index in [0.29, 0.717) is 25.9 Å². The van der Waals surface area contributed by atoms with Gasteiger partial charge in [-0.25, -0.2) is 0 Å². The molecule has 0 aromatic carbocycles. The Balaban J connectivity index is 2.63. The Morgan fingerprint density at radius 1 is 1.35 bits per heavy atom. The Hall–Kier alpha value is -1.03. The molecule has 1 heterocycles. The highest BCUT2D eigenvalue weighted by atomic mass is 32.1. The lowest BCUT2D eigenvalue weighted by Gasteiger charge is -2.22. The predicted octanol–water partition coefficient (Wildman–Crippen LogP) is 3.26. The lowest BCUT2D eigenvalue weighted by molar-refractivity contribution is -0.147. The maximum Gasteiger partial charge on any atom is 0.401 e. The van der Waals surface area contributed by atoms with Crippen LogP contribution >= 0.6 is 11.3 Å². The van der Waals surface area contributed by atoms with Crippen molar-refractivity contribution in [3.05, 3.63) is 21.9 Å². The van der Waals surface area contributed by atoms with E-state index in [2.05, 4.69) is 11.8 Å². The molecule has 0 fully saturated rings. The fourth-order valence-corrected chi connectivity index (χ4v) is 2.66. The van der Waals surface area contributed by atoms with Gasteiger partial charge in [-0.3, -0.25) is 4.90 Å². The van der Waals surface area contributed by atoms with E-state index in [1.54, 1.807) is 0 Å². The molecule has 0 radical (unpaired) electrons. The van der Waals surface area contributed by atoms with E-state index in [4.69, 9.17) is 5.11 Å². The van der Waals surface area contributed by atoms with Crippen LogP contribution in [0.5, 0.6) is 0 Å². The SMILES string of the molecule is CCCN(Cc1ccc(C#CCCO)s1)CC(F)(F)F. The van der Waals surface area contributed by atoms with Crippen LogP contribution in [0.4, 0.5) is 13.2 Å². The average molecular weight is 305 g/mol. The first kappa shape index (κ1) is 17.0. The zero-order chi connectivity index (χ0) is 15.0. The van der Waals surface area contributed by atoms with Gasteiger partial charge in [0.2, 0.25) is 0 Å². The van der Waals surface area contributed by atoms with Gasteiger partial charge < -0.3 is 5.11 Å². The first-order valence-electron chi connectivity index (χ1n) is 6.42. The molecular formula is C14H18F3NOS. The summed E-state index contributed by atoms with van der Waals surface area (Å²) in [6, 6.07) is 3.62. The molecule has 0 unspecified atom stereocenters. The lowest BCUT2D eigenvalue weighted by atomic mass is 10.3. The van der Waals surface area contributed by atoms with Gasteiger partial charge in [0, 0.05) is 17.8 Å². The third-order valence-electron chi connectivity index (χ3n) is 2.43. The molecule has 1 aromatic heterocycles. The van der Waals surface area contributed by atoms with Crippen LogP contribution in [0.3, 0.4) is 0 Å². The van der Waals surface area contributed by atoms with Crippen molar-refractivity contribution in [1.82, 2.24) is 4.90 Å². The van der Waals surface area contributed by atoms with Gasteiger partial charge in [-0.2, -0.15) is 13.2 Å². The molecule has 0 atom stereocenters. The van der Waals surface area contributed by atoms with Crippen LogP contribution in [-0.2, 0) is 6.54 Å². The Morgan fingerprint density at radius 2 is 2.10 bits per heavy atom. The van der Waals surface area contributed by atoms with Crippen molar-refractivity contribution in [1.29, 1.82) is 0 Å². The molecule has 0 spiro atoms. The molecule has 0 bridgehead atoms. The summed E-state index contributed by atoms with van der Waals surface area (Å²) in [5.41, 5.74) is 0. The highest BCUT2D eigenvalue weighted by molar-refractivity contribution is 7.12. The molecule has 0 aliphatic rings. The van der Waals surface area contributed by atoms with E-state index in [9.17, 15) is 13.2 Å². The van der Waals surface area contributed by atoms with E-state index in [1.807, 2.05) is 19.1 Å². The standard InChI is InChI=1S/C14H18F3NOS/c1-2-8-18(11-14(15,16)17)10-13-7-6-12(20-13)5-3-4-9-19/h6-7,19H,2,4,8-11H2,1H3. The van der Waals surface area contributed by atoms with Crippen LogP contribution < -0.4 is 0 Å². The average Bonchev–Trinajstić information content (AvgIpc) is 2.75. The number of alkyl halides is 3. The van der Waals surface area contributed by atoms with Gasteiger partial charge in [0.1, 0.15) is 0 Å². The minimum Gasteiger partial charge on any atom is -0.395 e. The smallest absolute Gasteiger partial charge is 0.395 e. The van der Waals surface area contributed by atoms with Crippen molar-refractivity contribution in [2.24, 2.45) is 0 Å². The summed E-state index contributed by atoms with van der Waals surface area (Å²) < 4.78 is 37.4.